The van der Waals surface area contributed by atoms with Crippen molar-refractivity contribution < 1.29 is 33.0 Å². The van der Waals surface area contributed by atoms with Crippen LogP contribution in [0.5, 0.6) is 5.75 Å². The van der Waals surface area contributed by atoms with Crippen molar-refractivity contribution in [1.29, 1.82) is 0 Å². The first-order valence-electron chi connectivity index (χ1n) is 13.9. The summed E-state index contributed by atoms with van der Waals surface area (Å²) in [6, 6.07) is 12.3. The van der Waals surface area contributed by atoms with Crippen molar-refractivity contribution in [3.8, 4) is 5.75 Å². The van der Waals surface area contributed by atoms with E-state index in [4.69, 9.17) is 9.84 Å². The average molecular weight is 575 g/mol. The van der Waals surface area contributed by atoms with Crippen LogP contribution in [0, 0.1) is 5.41 Å². The van der Waals surface area contributed by atoms with Crippen molar-refractivity contribution in [1.82, 2.24) is 5.32 Å². The van der Waals surface area contributed by atoms with Crippen molar-refractivity contribution in [2.75, 3.05) is 37.9 Å². The lowest BCUT2D eigenvalue weighted by Gasteiger charge is -2.40. The van der Waals surface area contributed by atoms with Gasteiger partial charge in [-0.05, 0) is 54.3 Å². The van der Waals surface area contributed by atoms with Gasteiger partial charge in [-0.2, -0.15) is 0 Å². The fraction of sp³-hybridized carbons (Fsp3) is 0.533. The van der Waals surface area contributed by atoms with Crippen molar-refractivity contribution in [2.24, 2.45) is 5.41 Å². The molecule has 10 heteroatoms. The first-order chi connectivity index (χ1) is 18.9. The molecule has 3 N–H and O–H groups in total. The van der Waals surface area contributed by atoms with Crippen LogP contribution in [0.15, 0.2) is 47.4 Å². The molecule has 1 aliphatic rings. The van der Waals surface area contributed by atoms with Gasteiger partial charge in [0, 0.05) is 31.1 Å². The molecule has 0 aliphatic carbocycles. The minimum Gasteiger partial charge on any atom is -0.484 e. The summed E-state index contributed by atoms with van der Waals surface area (Å²) in [4.78, 5) is 24.7. The molecule has 220 valence electrons. The molecule has 0 saturated heterocycles. The van der Waals surface area contributed by atoms with E-state index < -0.39 is 45.7 Å². The third-order valence-electron chi connectivity index (χ3n) is 7.70. The number of sulfone groups is 1. The monoisotopic (exact) mass is 574 g/mol. The number of hydrogen-bond donors (Lipinski definition) is 3. The van der Waals surface area contributed by atoms with E-state index in [9.17, 15) is 23.1 Å². The highest BCUT2D eigenvalue weighted by Gasteiger charge is 2.49. The van der Waals surface area contributed by atoms with Crippen molar-refractivity contribution >= 4 is 27.4 Å². The molecule has 0 fully saturated rings. The van der Waals surface area contributed by atoms with Crippen LogP contribution in [0.4, 0.5) is 5.69 Å². The number of fused-ring (bicyclic) bond motifs is 1. The molecule has 0 aromatic heterocycles. The SMILES string of the molecule is CCCCC1(CCCC)CS(=O)(=O)c2ccc(N(C)C)cc2C(c2ccc(OCC(=O)NCC(=O)O)cc2)C1O. The number of aliphatic carboxylic acids is 1. The Morgan fingerprint density at radius 2 is 1.68 bits per heavy atom. The minimum absolute atomic E-state index is 0.0986. The summed E-state index contributed by atoms with van der Waals surface area (Å²) < 4.78 is 33.4. The van der Waals surface area contributed by atoms with E-state index in [0.29, 0.717) is 24.2 Å². The van der Waals surface area contributed by atoms with Gasteiger partial charge in [-0.15, -0.1) is 0 Å². The number of ether oxygens (including phenoxy) is 1. The fourth-order valence-electron chi connectivity index (χ4n) is 5.54. The van der Waals surface area contributed by atoms with Gasteiger partial charge in [-0.25, -0.2) is 8.42 Å². The van der Waals surface area contributed by atoms with Crippen LogP contribution in [0.3, 0.4) is 0 Å². The number of carboxylic acids is 1. The molecular weight excluding hydrogens is 532 g/mol. The van der Waals surface area contributed by atoms with Crippen molar-refractivity contribution in [3.05, 3.63) is 53.6 Å². The molecule has 0 saturated carbocycles. The molecule has 1 heterocycles. The van der Waals surface area contributed by atoms with E-state index in [1.807, 2.05) is 25.1 Å². The van der Waals surface area contributed by atoms with Crippen LogP contribution in [-0.4, -0.2) is 69.6 Å². The van der Waals surface area contributed by atoms with Crippen LogP contribution < -0.4 is 15.0 Å². The molecule has 9 nitrogen and oxygen atoms in total. The first kappa shape index (κ1) is 31.4. The highest BCUT2D eigenvalue weighted by atomic mass is 32.2. The van der Waals surface area contributed by atoms with Gasteiger partial charge >= 0.3 is 5.97 Å². The molecule has 2 unspecified atom stereocenters. The van der Waals surface area contributed by atoms with Crippen LogP contribution >= 0.6 is 0 Å². The largest absolute Gasteiger partial charge is 0.484 e. The zero-order valence-electron chi connectivity index (χ0n) is 23.9. The summed E-state index contributed by atoms with van der Waals surface area (Å²) in [5.41, 5.74) is 1.37. The summed E-state index contributed by atoms with van der Waals surface area (Å²) in [6.07, 6.45) is 3.72. The van der Waals surface area contributed by atoms with Gasteiger partial charge in [0.05, 0.1) is 16.8 Å². The summed E-state index contributed by atoms with van der Waals surface area (Å²) >= 11 is 0. The number of nitrogens with zero attached hydrogens (tertiary/aromatic N) is 1. The zero-order valence-corrected chi connectivity index (χ0v) is 24.7. The highest BCUT2D eigenvalue weighted by Crippen LogP contribution is 2.50. The second-order valence-electron chi connectivity index (χ2n) is 10.9. The number of carboxylic acid groups (broad SMARTS) is 1. The Morgan fingerprint density at radius 1 is 1.05 bits per heavy atom. The topological polar surface area (TPSA) is 133 Å². The minimum atomic E-state index is -3.69. The second kappa shape index (κ2) is 13.5. The van der Waals surface area contributed by atoms with Crippen LogP contribution in [-0.2, 0) is 19.4 Å². The lowest BCUT2D eigenvalue weighted by molar-refractivity contribution is -0.138. The number of anilines is 1. The second-order valence-corrected chi connectivity index (χ2v) is 12.9. The third kappa shape index (κ3) is 7.34. The Kier molecular flexibility index (Phi) is 10.6. The quantitative estimate of drug-likeness (QED) is 0.327. The molecular formula is C30H42N2O7S. The van der Waals surface area contributed by atoms with E-state index >= 15 is 0 Å². The van der Waals surface area contributed by atoms with Crippen molar-refractivity contribution in [3.63, 3.8) is 0 Å². The predicted molar refractivity (Wildman–Crippen MR) is 155 cm³/mol. The smallest absolute Gasteiger partial charge is 0.322 e. The fourth-order valence-corrected chi connectivity index (χ4v) is 7.73. The number of hydrogen-bond acceptors (Lipinski definition) is 7. The number of carbonyl (C=O) groups is 2. The van der Waals surface area contributed by atoms with Gasteiger partial charge in [0.2, 0.25) is 0 Å². The Hall–Kier alpha value is -3.11. The van der Waals surface area contributed by atoms with E-state index in [-0.39, 0.29) is 17.3 Å². The molecule has 2 aromatic rings. The predicted octanol–water partition coefficient (Wildman–Crippen LogP) is 3.98. The number of benzene rings is 2. The van der Waals surface area contributed by atoms with Crippen LogP contribution in [0.25, 0.3) is 0 Å². The number of unbranched alkanes of at least 4 members (excludes halogenated alkanes) is 2. The Balaban J connectivity index is 2.07. The lowest BCUT2D eigenvalue weighted by Crippen LogP contribution is -2.43. The van der Waals surface area contributed by atoms with E-state index in [1.54, 1.807) is 36.4 Å². The molecule has 0 bridgehead atoms. The molecule has 3 rings (SSSR count). The van der Waals surface area contributed by atoms with Crippen LogP contribution in [0.1, 0.15) is 69.4 Å². The Bertz CT molecular complexity index is 1270. The number of nitrogens with one attached hydrogen (secondary N) is 1. The zero-order chi connectivity index (χ0) is 29.5. The summed E-state index contributed by atoms with van der Waals surface area (Å²) in [5.74, 6) is -1.99. The van der Waals surface area contributed by atoms with Gasteiger partial charge < -0.3 is 25.2 Å². The normalized spacial score (nSPS) is 19.2. The number of carbonyl (C=O) groups excluding carboxylic acids is 1. The Morgan fingerprint density at radius 3 is 2.23 bits per heavy atom. The molecule has 40 heavy (non-hydrogen) atoms. The molecule has 0 spiro atoms. The van der Waals surface area contributed by atoms with Crippen LogP contribution in [0.2, 0.25) is 0 Å². The Labute approximate surface area is 237 Å². The molecule has 1 amide bonds. The van der Waals surface area contributed by atoms with E-state index in [0.717, 1.165) is 36.9 Å². The van der Waals surface area contributed by atoms with E-state index in [2.05, 4.69) is 19.2 Å². The van der Waals surface area contributed by atoms with Gasteiger partial charge in [0.1, 0.15) is 12.3 Å². The highest BCUT2D eigenvalue weighted by molar-refractivity contribution is 7.91. The van der Waals surface area contributed by atoms with Crippen molar-refractivity contribution in [2.45, 2.75) is 69.3 Å². The summed E-state index contributed by atoms with van der Waals surface area (Å²) in [5, 5.41) is 23.2. The number of aliphatic hydroxyl groups excluding tert-OH is 1. The number of aliphatic hydroxyl groups is 1. The average Bonchev–Trinajstić information content (AvgIpc) is 2.99. The maximum atomic E-state index is 13.9. The third-order valence-corrected chi connectivity index (χ3v) is 9.70. The standard InChI is InChI=1S/C30H42N2O7S/c1-5-7-15-30(16-8-6-2)20-40(37,38)25-14-11-22(32(3)4)17-24(25)28(29(30)36)21-9-12-23(13-10-21)39-19-26(33)31-18-27(34)35/h9-14,17,28-29,36H,5-8,15-16,18-20H2,1-4H3,(H,31,33)(H,34,35). The van der Waals surface area contributed by atoms with E-state index in [1.165, 1.54) is 0 Å². The van der Waals surface area contributed by atoms with Gasteiger partial charge in [0.15, 0.2) is 16.4 Å². The van der Waals surface area contributed by atoms with Gasteiger partial charge in [0.25, 0.3) is 5.91 Å². The number of amides is 1. The van der Waals surface area contributed by atoms with Gasteiger partial charge in [-0.1, -0.05) is 51.7 Å². The molecule has 0 radical (unpaired) electrons. The summed E-state index contributed by atoms with van der Waals surface area (Å²) in [7, 11) is 0.0949. The molecule has 2 atom stereocenters. The number of rotatable bonds is 13. The molecule has 2 aromatic carbocycles. The molecule has 1 aliphatic heterocycles. The maximum absolute atomic E-state index is 13.9. The lowest BCUT2D eigenvalue weighted by atomic mass is 9.68. The first-order valence-corrected chi connectivity index (χ1v) is 15.5. The van der Waals surface area contributed by atoms with Gasteiger partial charge in [-0.3, -0.25) is 9.59 Å². The summed E-state index contributed by atoms with van der Waals surface area (Å²) in [6.45, 7) is 3.31. The maximum Gasteiger partial charge on any atom is 0.322 e.